The Bertz CT molecular complexity index is 413. The number of aryl methyl sites for hydroxylation is 1. The number of halogens is 1. The molecule has 2 rings (SSSR count). The van der Waals surface area contributed by atoms with Crippen LogP contribution in [-0.4, -0.2) is 18.0 Å². The van der Waals surface area contributed by atoms with E-state index in [9.17, 15) is 4.79 Å². The van der Waals surface area contributed by atoms with Crippen LogP contribution in [0.15, 0.2) is 9.85 Å². The lowest BCUT2D eigenvalue weighted by atomic mass is 10.0. The SMILES string of the molecule is Cc1cc(C(=O)NC2CCCCCC2N)sc1Br. The minimum Gasteiger partial charge on any atom is -0.347 e. The van der Waals surface area contributed by atoms with Crippen LogP contribution in [0.3, 0.4) is 0 Å². The van der Waals surface area contributed by atoms with Crippen molar-refractivity contribution in [3.63, 3.8) is 0 Å². The largest absolute Gasteiger partial charge is 0.347 e. The van der Waals surface area contributed by atoms with Gasteiger partial charge in [-0.1, -0.05) is 19.3 Å². The molecule has 1 fully saturated rings. The zero-order valence-corrected chi connectivity index (χ0v) is 12.9. The van der Waals surface area contributed by atoms with Gasteiger partial charge in [0, 0.05) is 12.1 Å². The van der Waals surface area contributed by atoms with Gasteiger partial charge in [0.25, 0.3) is 5.91 Å². The number of carbonyl (C=O) groups excluding carboxylic acids is 1. The van der Waals surface area contributed by atoms with E-state index in [2.05, 4.69) is 21.2 Å². The van der Waals surface area contributed by atoms with E-state index in [0.29, 0.717) is 0 Å². The van der Waals surface area contributed by atoms with Gasteiger partial charge in [0.2, 0.25) is 0 Å². The monoisotopic (exact) mass is 330 g/mol. The lowest BCUT2D eigenvalue weighted by Crippen LogP contribution is -2.46. The molecule has 1 aliphatic rings. The van der Waals surface area contributed by atoms with Crippen molar-refractivity contribution in [3.8, 4) is 0 Å². The van der Waals surface area contributed by atoms with Crippen molar-refractivity contribution < 1.29 is 4.79 Å². The summed E-state index contributed by atoms with van der Waals surface area (Å²) in [5.41, 5.74) is 7.23. The second kappa shape index (κ2) is 6.17. The third-order valence-electron chi connectivity index (χ3n) is 3.47. The molecular weight excluding hydrogens is 312 g/mol. The number of thiophene rings is 1. The van der Waals surface area contributed by atoms with Crippen LogP contribution in [0.5, 0.6) is 0 Å². The average Bonchev–Trinajstić information content (AvgIpc) is 2.54. The summed E-state index contributed by atoms with van der Waals surface area (Å²) >= 11 is 4.93. The maximum atomic E-state index is 12.2. The van der Waals surface area contributed by atoms with Gasteiger partial charge in [0.1, 0.15) is 0 Å². The van der Waals surface area contributed by atoms with Crippen molar-refractivity contribution in [2.24, 2.45) is 5.73 Å². The van der Waals surface area contributed by atoms with Crippen molar-refractivity contribution in [1.29, 1.82) is 0 Å². The molecule has 0 radical (unpaired) electrons. The molecule has 2 atom stereocenters. The molecule has 5 heteroatoms. The summed E-state index contributed by atoms with van der Waals surface area (Å²) in [6.45, 7) is 1.99. The maximum absolute atomic E-state index is 12.2. The van der Waals surface area contributed by atoms with Crippen LogP contribution in [0.1, 0.15) is 47.3 Å². The fourth-order valence-electron chi connectivity index (χ4n) is 2.33. The molecular formula is C13H19BrN2OS. The van der Waals surface area contributed by atoms with Crippen LogP contribution in [0.25, 0.3) is 0 Å². The zero-order chi connectivity index (χ0) is 13.1. The van der Waals surface area contributed by atoms with Crippen molar-refractivity contribution in [3.05, 3.63) is 20.3 Å². The number of nitrogens with two attached hydrogens (primary N) is 1. The predicted octanol–water partition coefficient (Wildman–Crippen LogP) is 3.21. The number of amides is 1. The Morgan fingerprint density at radius 2 is 2.17 bits per heavy atom. The summed E-state index contributed by atoms with van der Waals surface area (Å²) in [5.74, 6) is 0.0103. The first-order valence-electron chi connectivity index (χ1n) is 6.40. The minimum absolute atomic E-state index is 0.0103. The zero-order valence-electron chi connectivity index (χ0n) is 10.5. The average molecular weight is 331 g/mol. The van der Waals surface area contributed by atoms with Crippen LogP contribution in [0.2, 0.25) is 0 Å². The van der Waals surface area contributed by atoms with Gasteiger partial charge >= 0.3 is 0 Å². The number of carbonyl (C=O) groups is 1. The normalized spacial score (nSPS) is 24.6. The lowest BCUT2D eigenvalue weighted by Gasteiger charge is -2.22. The minimum atomic E-state index is 0.0103. The molecule has 1 aromatic heterocycles. The van der Waals surface area contributed by atoms with Gasteiger partial charge in [-0.05, 0) is 47.3 Å². The lowest BCUT2D eigenvalue weighted by molar-refractivity contribution is 0.0933. The summed E-state index contributed by atoms with van der Waals surface area (Å²) in [4.78, 5) is 12.9. The smallest absolute Gasteiger partial charge is 0.261 e. The fourth-order valence-corrected chi connectivity index (χ4v) is 3.76. The van der Waals surface area contributed by atoms with E-state index in [1.165, 1.54) is 24.2 Å². The van der Waals surface area contributed by atoms with E-state index in [1.807, 2.05) is 13.0 Å². The molecule has 3 N–H and O–H groups in total. The number of hydrogen-bond donors (Lipinski definition) is 2. The summed E-state index contributed by atoms with van der Waals surface area (Å²) in [5, 5.41) is 3.09. The second-order valence-corrected chi connectivity index (χ2v) is 7.32. The summed E-state index contributed by atoms with van der Waals surface area (Å²) in [6, 6.07) is 2.15. The molecule has 1 aromatic rings. The van der Waals surface area contributed by atoms with Crippen LogP contribution in [0.4, 0.5) is 0 Å². The van der Waals surface area contributed by atoms with E-state index >= 15 is 0 Å². The molecule has 3 nitrogen and oxygen atoms in total. The maximum Gasteiger partial charge on any atom is 0.261 e. The first kappa shape index (κ1) is 14.0. The second-order valence-electron chi connectivity index (χ2n) is 4.95. The molecule has 0 saturated heterocycles. The van der Waals surface area contributed by atoms with Crippen molar-refractivity contribution in [2.75, 3.05) is 0 Å². The van der Waals surface area contributed by atoms with Gasteiger partial charge < -0.3 is 11.1 Å². The molecule has 0 spiro atoms. The third-order valence-corrected chi connectivity index (χ3v) is 5.60. The highest BCUT2D eigenvalue weighted by molar-refractivity contribution is 9.11. The van der Waals surface area contributed by atoms with Crippen molar-refractivity contribution in [1.82, 2.24) is 5.32 Å². The Kier molecular flexibility index (Phi) is 4.81. The Morgan fingerprint density at radius 3 is 2.83 bits per heavy atom. The molecule has 1 heterocycles. The standard InChI is InChI=1S/C13H19BrN2OS/c1-8-7-11(18-12(8)14)13(17)16-10-6-4-2-3-5-9(10)15/h7,9-10H,2-6,15H2,1H3,(H,16,17). The predicted molar refractivity (Wildman–Crippen MR) is 79.1 cm³/mol. The highest BCUT2D eigenvalue weighted by Crippen LogP contribution is 2.27. The van der Waals surface area contributed by atoms with Crippen LogP contribution < -0.4 is 11.1 Å². The fraction of sp³-hybridized carbons (Fsp3) is 0.615. The molecule has 18 heavy (non-hydrogen) atoms. The number of hydrogen-bond acceptors (Lipinski definition) is 3. The molecule has 0 aromatic carbocycles. The van der Waals surface area contributed by atoms with Crippen molar-refractivity contribution in [2.45, 2.75) is 51.1 Å². The Morgan fingerprint density at radius 1 is 1.44 bits per heavy atom. The Balaban J connectivity index is 2.01. The summed E-state index contributed by atoms with van der Waals surface area (Å²) in [6.07, 6.45) is 5.57. The number of nitrogens with one attached hydrogen (secondary N) is 1. The molecule has 1 saturated carbocycles. The van der Waals surface area contributed by atoms with Gasteiger partial charge in [0.15, 0.2) is 0 Å². The molecule has 0 aliphatic heterocycles. The highest BCUT2D eigenvalue weighted by Gasteiger charge is 2.23. The third kappa shape index (κ3) is 3.33. The number of rotatable bonds is 2. The van der Waals surface area contributed by atoms with Gasteiger partial charge in [-0.15, -0.1) is 11.3 Å². The van der Waals surface area contributed by atoms with Crippen LogP contribution in [0, 0.1) is 6.92 Å². The van der Waals surface area contributed by atoms with Crippen LogP contribution >= 0.6 is 27.3 Å². The van der Waals surface area contributed by atoms with Gasteiger partial charge in [0.05, 0.1) is 8.66 Å². The van der Waals surface area contributed by atoms with E-state index in [1.54, 1.807) is 0 Å². The quantitative estimate of drug-likeness (QED) is 0.818. The first-order valence-corrected chi connectivity index (χ1v) is 8.01. The Labute approximate surface area is 120 Å². The molecule has 1 amide bonds. The molecule has 2 unspecified atom stereocenters. The van der Waals surface area contributed by atoms with Crippen molar-refractivity contribution >= 4 is 33.2 Å². The van der Waals surface area contributed by atoms with Crippen LogP contribution in [-0.2, 0) is 0 Å². The van der Waals surface area contributed by atoms with E-state index in [-0.39, 0.29) is 18.0 Å². The van der Waals surface area contributed by atoms with Gasteiger partial charge in [-0.2, -0.15) is 0 Å². The summed E-state index contributed by atoms with van der Waals surface area (Å²) < 4.78 is 1.03. The van der Waals surface area contributed by atoms with Gasteiger partial charge in [-0.3, -0.25) is 4.79 Å². The molecule has 100 valence electrons. The van der Waals surface area contributed by atoms with E-state index in [4.69, 9.17) is 5.73 Å². The van der Waals surface area contributed by atoms with E-state index < -0.39 is 0 Å². The molecule has 0 bridgehead atoms. The van der Waals surface area contributed by atoms with E-state index in [0.717, 1.165) is 33.5 Å². The first-order chi connectivity index (χ1) is 8.58. The Hall–Kier alpha value is -0.390. The topological polar surface area (TPSA) is 55.1 Å². The highest BCUT2D eigenvalue weighted by atomic mass is 79.9. The summed E-state index contributed by atoms with van der Waals surface area (Å²) in [7, 11) is 0. The molecule has 1 aliphatic carbocycles. The van der Waals surface area contributed by atoms with Gasteiger partial charge in [-0.25, -0.2) is 0 Å².